The van der Waals surface area contributed by atoms with Crippen LogP contribution in [0.15, 0.2) is 18.2 Å². The van der Waals surface area contributed by atoms with Crippen LogP contribution in [0.2, 0.25) is 0 Å². The van der Waals surface area contributed by atoms with Crippen molar-refractivity contribution < 1.29 is 9.90 Å². The van der Waals surface area contributed by atoms with Gasteiger partial charge in [0.15, 0.2) is 0 Å². The summed E-state index contributed by atoms with van der Waals surface area (Å²) in [6.45, 7) is 6.62. The summed E-state index contributed by atoms with van der Waals surface area (Å²) in [5, 5.41) is 11.9. The van der Waals surface area contributed by atoms with E-state index in [4.69, 9.17) is 5.11 Å². The summed E-state index contributed by atoms with van der Waals surface area (Å²) in [7, 11) is 0. The maximum Gasteiger partial charge on any atom is 0.225 e. The molecule has 0 spiro atoms. The molecule has 1 atom stereocenters. The van der Waals surface area contributed by atoms with Gasteiger partial charge in [0.2, 0.25) is 5.91 Å². The quantitative estimate of drug-likeness (QED) is 0.810. The van der Waals surface area contributed by atoms with E-state index in [-0.39, 0.29) is 18.4 Å². The highest BCUT2D eigenvalue weighted by Crippen LogP contribution is 2.10. The van der Waals surface area contributed by atoms with Crippen molar-refractivity contribution in [3.8, 4) is 0 Å². The molecule has 0 fully saturated rings. The van der Waals surface area contributed by atoms with E-state index >= 15 is 0 Å². The summed E-state index contributed by atoms with van der Waals surface area (Å²) in [5.41, 5.74) is 3.78. The van der Waals surface area contributed by atoms with Crippen molar-refractivity contribution in [2.45, 2.75) is 33.6 Å². The molecule has 0 heterocycles. The lowest BCUT2D eigenvalue weighted by Gasteiger charge is -2.13. The average molecular weight is 249 g/mol. The van der Waals surface area contributed by atoms with Crippen LogP contribution >= 0.6 is 0 Å². The van der Waals surface area contributed by atoms with Gasteiger partial charge < -0.3 is 10.4 Å². The molecule has 0 radical (unpaired) electrons. The molecule has 0 bridgehead atoms. The Kier molecular flexibility index (Phi) is 5.86. The Morgan fingerprint density at radius 2 is 2.11 bits per heavy atom. The number of rotatable bonds is 6. The Balaban J connectivity index is 2.44. The highest BCUT2D eigenvalue weighted by Gasteiger charge is 2.14. The number of nitrogens with one attached hydrogen (secondary N) is 1. The first-order valence-corrected chi connectivity index (χ1v) is 6.53. The van der Waals surface area contributed by atoms with E-state index < -0.39 is 0 Å². The normalized spacial score (nSPS) is 12.2. The summed E-state index contributed by atoms with van der Waals surface area (Å²) < 4.78 is 0. The molecule has 0 saturated carbocycles. The molecular weight excluding hydrogens is 226 g/mol. The summed E-state index contributed by atoms with van der Waals surface area (Å²) >= 11 is 0. The minimum atomic E-state index is -0.274. The third kappa shape index (κ3) is 4.15. The van der Waals surface area contributed by atoms with Gasteiger partial charge in [-0.05, 0) is 37.8 Å². The predicted octanol–water partition coefficient (Wildman–Crippen LogP) is 1.98. The van der Waals surface area contributed by atoms with Crippen LogP contribution in [-0.4, -0.2) is 24.2 Å². The highest BCUT2D eigenvalue weighted by molar-refractivity contribution is 5.78. The number of aliphatic hydroxyl groups excluding tert-OH is 1. The SMILES string of the molecule is CCC(CO)C(=O)NCCc1ccc(C)cc1C. The molecule has 100 valence electrons. The van der Waals surface area contributed by atoms with Crippen molar-refractivity contribution in [1.82, 2.24) is 5.32 Å². The van der Waals surface area contributed by atoms with Crippen LogP contribution in [0.4, 0.5) is 0 Å². The Bertz CT molecular complexity index is 397. The van der Waals surface area contributed by atoms with Gasteiger partial charge in [-0.3, -0.25) is 4.79 Å². The fraction of sp³-hybridized carbons (Fsp3) is 0.533. The molecule has 0 saturated heterocycles. The van der Waals surface area contributed by atoms with Gasteiger partial charge in [-0.1, -0.05) is 30.7 Å². The van der Waals surface area contributed by atoms with Crippen LogP contribution in [0.25, 0.3) is 0 Å². The molecule has 1 rings (SSSR count). The van der Waals surface area contributed by atoms with E-state index in [0.717, 1.165) is 6.42 Å². The largest absolute Gasteiger partial charge is 0.396 e. The first-order valence-electron chi connectivity index (χ1n) is 6.53. The third-order valence-corrected chi connectivity index (χ3v) is 3.28. The Morgan fingerprint density at radius 3 is 2.67 bits per heavy atom. The summed E-state index contributed by atoms with van der Waals surface area (Å²) in [5.74, 6) is -0.325. The van der Waals surface area contributed by atoms with Crippen molar-refractivity contribution >= 4 is 5.91 Å². The van der Waals surface area contributed by atoms with Crippen molar-refractivity contribution in [1.29, 1.82) is 0 Å². The zero-order valence-corrected chi connectivity index (χ0v) is 11.5. The molecule has 18 heavy (non-hydrogen) atoms. The van der Waals surface area contributed by atoms with Crippen LogP contribution in [0, 0.1) is 19.8 Å². The number of benzene rings is 1. The Labute approximate surface area is 109 Å². The van der Waals surface area contributed by atoms with Gasteiger partial charge in [-0.15, -0.1) is 0 Å². The molecule has 3 heteroatoms. The molecule has 1 aromatic rings. The van der Waals surface area contributed by atoms with Crippen molar-refractivity contribution in [3.05, 3.63) is 34.9 Å². The standard InChI is InChI=1S/C15H23NO2/c1-4-13(10-17)15(18)16-8-7-14-6-5-11(2)9-12(14)3/h5-6,9,13,17H,4,7-8,10H2,1-3H3,(H,16,18). The zero-order valence-electron chi connectivity index (χ0n) is 11.5. The zero-order chi connectivity index (χ0) is 13.5. The van der Waals surface area contributed by atoms with Gasteiger partial charge >= 0.3 is 0 Å². The van der Waals surface area contributed by atoms with E-state index in [9.17, 15) is 4.79 Å². The minimum Gasteiger partial charge on any atom is -0.396 e. The van der Waals surface area contributed by atoms with Crippen LogP contribution < -0.4 is 5.32 Å². The predicted molar refractivity (Wildman–Crippen MR) is 73.5 cm³/mol. The molecule has 0 aliphatic heterocycles. The summed E-state index contributed by atoms with van der Waals surface area (Å²) in [4.78, 5) is 11.7. The molecule has 1 aromatic carbocycles. The maximum absolute atomic E-state index is 11.7. The average Bonchev–Trinajstić information content (AvgIpc) is 2.33. The van der Waals surface area contributed by atoms with Gasteiger partial charge in [0, 0.05) is 6.54 Å². The van der Waals surface area contributed by atoms with Crippen LogP contribution in [0.3, 0.4) is 0 Å². The second-order valence-electron chi connectivity index (χ2n) is 4.76. The van der Waals surface area contributed by atoms with Gasteiger partial charge in [0.1, 0.15) is 0 Å². The lowest BCUT2D eigenvalue weighted by Crippen LogP contribution is -2.33. The van der Waals surface area contributed by atoms with Crippen molar-refractivity contribution in [2.75, 3.05) is 13.2 Å². The van der Waals surface area contributed by atoms with E-state index in [1.54, 1.807) is 0 Å². The van der Waals surface area contributed by atoms with Crippen LogP contribution in [0.1, 0.15) is 30.0 Å². The Morgan fingerprint density at radius 1 is 1.39 bits per heavy atom. The number of carbonyl (C=O) groups excluding carboxylic acids is 1. The van der Waals surface area contributed by atoms with Crippen LogP contribution in [-0.2, 0) is 11.2 Å². The van der Waals surface area contributed by atoms with Gasteiger partial charge in [-0.25, -0.2) is 0 Å². The van der Waals surface area contributed by atoms with E-state index in [1.807, 2.05) is 6.92 Å². The maximum atomic E-state index is 11.7. The molecule has 0 aliphatic rings. The fourth-order valence-corrected chi connectivity index (χ4v) is 1.99. The number of hydrogen-bond donors (Lipinski definition) is 2. The molecular formula is C15H23NO2. The Hall–Kier alpha value is -1.35. The third-order valence-electron chi connectivity index (χ3n) is 3.28. The first-order chi connectivity index (χ1) is 8.58. The number of aliphatic hydroxyl groups is 1. The highest BCUT2D eigenvalue weighted by atomic mass is 16.3. The van der Waals surface area contributed by atoms with E-state index in [0.29, 0.717) is 13.0 Å². The fourth-order valence-electron chi connectivity index (χ4n) is 1.99. The smallest absolute Gasteiger partial charge is 0.225 e. The van der Waals surface area contributed by atoms with Gasteiger partial charge in [-0.2, -0.15) is 0 Å². The number of amides is 1. The van der Waals surface area contributed by atoms with Crippen molar-refractivity contribution in [2.24, 2.45) is 5.92 Å². The topological polar surface area (TPSA) is 49.3 Å². The lowest BCUT2D eigenvalue weighted by atomic mass is 10.0. The molecule has 3 nitrogen and oxygen atoms in total. The van der Waals surface area contributed by atoms with E-state index in [1.165, 1.54) is 16.7 Å². The lowest BCUT2D eigenvalue weighted by molar-refractivity contribution is -0.126. The van der Waals surface area contributed by atoms with Gasteiger partial charge in [0.25, 0.3) is 0 Å². The molecule has 0 aliphatic carbocycles. The van der Waals surface area contributed by atoms with Gasteiger partial charge in [0.05, 0.1) is 12.5 Å². The van der Waals surface area contributed by atoms with E-state index in [2.05, 4.69) is 37.4 Å². The van der Waals surface area contributed by atoms with Crippen molar-refractivity contribution in [3.63, 3.8) is 0 Å². The molecule has 1 unspecified atom stereocenters. The minimum absolute atomic E-state index is 0.0511. The number of carbonyl (C=O) groups is 1. The molecule has 1 amide bonds. The molecule has 0 aromatic heterocycles. The number of hydrogen-bond acceptors (Lipinski definition) is 2. The second kappa shape index (κ2) is 7.17. The number of aryl methyl sites for hydroxylation is 2. The first kappa shape index (κ1) is 14.7. The van der Waals surface area contributed by atoms with Crippen LogP contribution in [0.5, 0.6) is 0 Å². The molecule has 2 N–H and O–H groups in total. The monoisotopic (exact) mass is 249 g/mol. The summed E-state index contributed by atoms with van der Waals surface area (Å²) in [6.07, 6.45) is 1.51. The summed E-state index contributed by atoms with van der Waals surface area (Å²) in [6, 6.07) is 6.35. The second-order valence-corrected chi connectivity index (χ2v) is 4.76.